The number of benzene rings is 2. The Balaban J connectivity index is 1.84. The average molecular weight is 416 g/mol. The number of ether oxygens (including phenoxy) is 2. The van der Waals surface area contributed by atoms with Gasteiger partial charge >= 0.3 is 5.63 Å². The fourth-order valence-electron chi connectivity index (χ4n) is 3.48. The molecular formula is C21H20O9. The van der Waals surface area contributed by atoms with Gasteiger partial charge in [-0.15, -0.1) is 0 Å². The lowest BCUT2D eigenvalue weighted by molar-refractivity contribution is -0.277. The highest BCUT2D eigenvalue weighted by atomic mass is 16.7. The number of aliphatic hydroxyl groups is 4. The van der Waals surface area contributed by atoms with Gasteiger partial charge in [-0.2, -0.15) is 0 Å². The molecule has 0 saturated carbocycles. The lowest BCUT2D eigenvalue weighted by atomic mass is 9.99. The zero-order valence-corrected chi connectivity index (χ0v) is 15.6. The van der Waals surface area contributed by atoms with Gasteiger partial charge in [0.15, 0.2) is 0 Å². The van der Waals surface area contributed by atoms with Crippen LogP contribution in [0.25, 0.3) is 22.1 Å². The molecule has 9 nitrogen and oxygen atoms in total. The predicted molar refractivity (Wildman–Crippen MR) is 104 cm³/mol. The highest BCUT2D eigenvalue weighted by Crippen LogP contribution is 2.38. The van der Waals surface area contributed by atoms with Crippen molar-refractivity contribution in [1.29, 1.82) is 0 Å². The number of aliphatic hydroxyl groups excluding tert-OH is 4. The lowest BCUT2D eigenvalue weighted by Gasteiger charge is -2.39. The highest BCUT2D eigenvalue weighted by molar-refractivity contribution is 5.98. The standard InChI is InChI=1S/C21H20O9/c22-9-15-18(25)19(26)20(27)21(30-15)29-14-7-11(23)6-13-17(14)12(8-16(24)28-13)10-4-2-1-3-5-10/h1-8,15,18-23,25-27H,9H2. The normalized spacial score (nSPS) is 26.6. The van der Waals surface area contributed by atoms with Crippen LogP contribution in [0.4, 0.5) is 0 Å². The largest absolute Gasteiger partial charge is 0.508 e. The lowest BCUT2D eigenvalue weighted by Crippen LogP contribution is -2.60. The molecule has 5 N–H and O–H groups in total. The number of aromatic hydroxyl groups is 1. The third kappa shape index (κ3) is 3.64. The average Bonchev–Trinajstić information content (AvgIpc) is 2.73. The van der Waals surface area contributed by atoms with Gasteiger partial charge in [-0.05, 0) is 5.56 Å². The van der Waals surface area contributed by atoms with E-state index in [2.05, 4.69) is 0 Å². The van der Waals surface area contributed by atoms with Crippen LogP contribution in [-0.2, 0) is 4.74 Å². The van der Waals surface area contributed by atoms with E-state index in [4.69, 9.17) is 13.9 Å². The molecule has 2 aromatic carbocycles. The molecule has 5 atom stereocenters. The van der Waals surface area contributed by atoms with E-state index in [9.17, 15) is 30.3 Å². The SMILES string of the molecule is O=c1cc(-c2ccccc2)c2c(OC3OC(CO)C(O)C(O)C3O)cc(O)cc2o1. The first-order valence-electron chi connectivity index (χ1n) is 9.22. The fraction of sp³-hybridized carbons (Fsp3) is 0.286. The first-order valence-corrected chi connectivity index (χ1v) is 9.22. The summed E-state index contributed by atoms with van der Waals surface area (Å²) in [5, 5.41) is 50.0. The first kappa shape index (κ1) is 20.3. The summed E-state index contributed by atoms with van der Waals surface area (Å²) in [6, 6.07) is 12.7. The minimum absolute atomic E-state index is 0.0110. The Morgan fingerprint density at radius 2 is 1.70 bits per heavy atom. The van der Waals surface area contributed by atoms with Gasteiger partial charge in [-0.25, -0.2) is 4.79 Å². The van der Waals surface area contributed by atoms with Crippen molar-refractivity contribution in [2.24, 2.45) is 0 Å². The third-order valence-electron chi connectivity index (χ3n) is 4.97. The summed E-state index contributed by atoms with van der Waals surface area (Å²) in [5.41, 5.74) is 0.549. The van der Waals surface area contributed by atoms with Crippen molar-refractivity contribution in [2.75, 3.05) is 6.61 Å². The minimum Gasteiger partial charge on any atom is -0.508 e. The van der Waals surface area contributed by atoms with Crippen molar-refractivity contribution in [1.82, 2.24) is 0 Å². The molecule has 1 fully saturated rings. The second-order valence-corrected chi connectivity index (χ2v) is 6.98. The van der Waals surface area contributed by atoms with Gasteiger partial charge in [0.05, 0.1) is 12.0 Å². The van der Waals surface area contributed by atoms with E-state index in [0.717, 1.165) is 0 Å². The smallest absolute Gasteiger partial charge is 0.336 e. The van der Waals surface area contributed by atoms with E-state index in [1.165, 1.54) is 18.2 Å². The Labute approximate surface area is 170 Å². The van der Waals surface area contributed by atoms with Crippen molar-refractivity contribution < 1.29 is 39.4 Å². The van der Waals surface area contributed by atoms with Crippen molar-refractivity contribution in [3.8, 4) is 22.6 Å². The molecule has 1 aromatic heterocycles. The maximum absolute atomic E-state index is 12.1. The second-order valence-electron chi connectivity index (χ2n) is 6.98. The van der Waals surface area contributed by atoms with Crippen molar-refractivity contribution >= 4 is 11.0 Å². The Morgan fingerprint density at radius 1 is 0.967 bits per heavy atom. The predicted octanol–water partition coefficient (Wildman–Crippen LogP) is 0.344. The molecule has 1 saturated heterocycles. The van der Waals surface area contributed by atoms with Crippen LogP contribution >= 0.6 is 0 Å². The molecule has 0 spiro atoms. The number of hydrogen-bond acceptors (Lipinski definition) is 9. The van der Waals surface area contributed by atoms with Gasteiger partial charge in [0.1, 0.15) is 41.5 Å². The van der Waals surface area contributed by atoms with Crippen molar-refractivity contribution in [3.05, 3.63) is 59.0 Å². The minimum atomic E-state index is -1.64. The zero-order chi connectivity index (χ0) is 21.4. The summed E-state index contributed by atoms with van der Waals surface area (Å²) < 4.78 is 16.3. The van der Waals surface area contributed by atoms with E-state index in [-0.39, 0.29) is 17.1 Å². The summed E-state index contributed by atoms with van der Waals surface area (Å²) in [7, 11) is 0. The molecule has 0 radical (unpaired) electrons. The maximum atomic E-state index is 12.1. The monoisotopic (exact) mass is 416 g/mol. The van der Waals surface area contributed by atoms with E-state index >= 15 is 0 Å². The maximum Gasteiger partial charge on any atom is 0.336 e. The van der Waals surface area contributed by atoms with Crippen LogP contribution in [0.3, 0.4) is 0 Å². The Hall–Kier alpha value is -2.95. The summed E-state index contributed by atoms with van der Waals surface area (Å²) >= 11 is 0. The number of phenolic OH excluding ortho intramolecular Hbond substituents is 1. The van der Waals surface area contributed by atoms with Gasteiger partial charge in [0.2, 0.25) is 6.29 Å². The van der Waals surface area contributed by atoms with Crippen LogP contribution < -0.4 is 10.4 Å². The van der Waals surface area contributed by atoms with Crippen LogP contribution in [-0.4, -0.2) is 62.8 Å². The van der Waals surface area contributed by atoms with E-state index in [0.29, 0.717) is 16.5 Å². The molecule has 30 heavy (non-hydrogen) atoms. The van der Waals surface area contributed by atoms with Gasteiger partial charge in [0, 0.05) is 23.8 Å². The molecular weight excluding hydrogens is 396 g/mol. The summed E-state index contributed by atoms with van der Waals surface area (Å²) in [4.78, 5) is 12.1. The Kier molecular flexibility index (Phi) is 5.46. The summed E-state index contributed by atoms with van der Waals surface area (Å²) in [5.74, 6) is -0.257. The topological polar surface area (TPSA) is 150 Å². The Bertz CT molecular complexity index is 1090. The van der Waals surface area contributed by atoms with Gasteiger partial charge in [-0.1, -0.05) is 30.3 Å². The molecule has 9 heteroatoms. The van der Waals surface area contributed by atoms with Crippen LogP contribution in [0, 0.1) is 0 Å². The number of phenols is 1. The molecule has 1 aliphatic rings. The van der Waals surface area contributed by atoms with Crippen molar-refractivity contribution in [3.63, 3.8) is 0 Å². The number of fused-ring (bicyclic) bond motifs is 1. The third-order valence-corrected chi connectivity index (χ3v) is 4.97. The number of rotatable bonds is 4. The first-order chi connectivity index (χ1) is 14.4. The summed E-state index contributed by atoms with van der Waals surface area (Å²) in [6.45, 7) is -0.615. The van der Waals surface area contributed by atoms with Crippen LogP contribution in [0.5, 0.6) is 11.5 Å². The van der Waals surface area contributed by atoms with E-state index in [1.807, 2.05) is 6.07 Å². The van der Waals surface area contributed by atoms with Gasteiger partial charge in [0.25, 0.3) is 0 Å². The van der Waals surface area contributed by atoms with Crippen molar-refractivity contribution in [2.45, 2.75) is 30.7 Å². The molecule has 4 rings (SSSR count). The molecule has 0 amide bonds. The van der Waals surface area contributed by atoms with Gasteiger partial charge in [-0.3, -0.25) is 0 Å². The molecule has 1 aliphatic heterocycles. The van der Waals surface area contributed by atoms with Crippen LogP contribution in [0.1, 0.15) is 0 Å². The molecule has 0 aliphatic carbocycles. The van der Waals surface area contributed by atoms with E-state index in [1.54, 1.807) is 24.3 Å². The molecule has 2 heterocycles. The van der Waals surface area contributed by atoms with E-state index < -0.39 is 42.9 Å². The highest BCUT2D eigenvalue weighted by Gasteiger charge is 2.45. The van der Waals surface area contributed by atoms with Crippen LogP contribution in [0.2, 0.25) is 0 Å². The molecule has 5 unspecified atom stereocenters. The quantitative estimate of drug-likeness (QED) is 0.380. The van der Waals surface area contributed by atoms with Gasteiger partial charge < -0.3 is 39.4 Å². The molecule has 158 valence electrons. The second kappa shape index (κ2) is 8.05. The molecule has 0 bridgehead atoms. The molecule has 3 aromatic rings. The van der Waals surface area contributed by atoms with Crippen LogP contribution in [0.15, 0.2) is 57.7 Å². The Morgan fingerprint density at radius 3 is 2.40 bits per heavy atom. The number of hydrogen-bond donors (Lipinski definition) is 5. The fourth-order valence-corrected chi connectivity index (χ4v) is 3.48. The summed E-state index contributed by atoms with van der Waals surface area (Å²) in [6.07, 6.45) is -7.44. The zero-order valence-electron chi connectivity index (χ0n) is 15.6.